The van der Waals surface area contributed by atoms with Crippen LogP contribution in [0.1, 0.15) is 123 Å². The maximum Gasteiger partial charge on any atom is 0.278 e. The van der Waals surface area contributed by atoms with E-state index in [9.17, 15) is 28.2 Å². The Morgan fingerprint density at radius 2 is 1.20 bits per heavy atom. The quantitative estimate of drug-likeness (QED) is 0.0952. The third-order valence-corrected chi connectivity index (χ3v) is 19.6. The molecule has 6 heterocycles. The van der Waals surface area contributed by atoms with Gasteiger partial charge >= 0.3 is 0 Å². The number of phenols is 2. The van der Waals surface area contributed by atoms with Crippen LogP contribution in [0.4, 0.5) is 31.5 Å². The van der Waals surface area contributed by atoms with Crippen LogP contribution in [-0.2, 0) is 28.2 Å². The smallest absolute Gasteiger partial charge is 0.278 e. The van der Waals surface area contributed by atoms with Gasteiger partial charge in [-0.25, -0.2) is 18.7 Å². The number of hydrogen-bond acceptors (Lipinski definition) is 13. The Balaban J connectivity index is 0.000000186. The van der Waals surface area contributed by atoms with Crippen molar-refractivity contribution in [2.75, 3.05) is 38.5 Å². The van der Waals surface area contributed by atoms with Crippen LogP contribution in [0.2, 0.25) is 0 Å². The van der Waals surface area contributed by atoms with E-state index in [4.69, 9.17) is 9.47 Å². The van der Waals surface area contributed by atoms with E-state index in [1.54, 1.807) is 84.5 Å². The predicted molar refractivity (Wildman–Crippen MR) is 337 cm³/mol. The minimum absolute atomic E-state index is 0.0784. The van der Waals surface area contributed by atoms with Crippen molar-refractivity contribution in [3.63, 3.8) is 0 Å². The highest BCUT2D eigenvalue weighted by molar-refractivity contribution is 7.89. The number of fused-ring (bicyclic) bond motifs is 2. The molecule has 446 valence electrons. The lowest BCUT2D eigenvalue weighted by molar-refractivity contribution is 0.0968. The van der Waals surface area contributed by atoms with Crippen LogP contribution in [0, 0.1) is 29.4 Å². The van der Waals surface area contributed by atoms with Crippen LogP contribution in [0.5, 0.6) is 23.0 Å². The van der Waals surface area contributed by atoms with Gasteiger partial charge in [0.15, 0.2) is 0 Å². The van der Waals surface area contributed by atoms with Gasteiger partial charge in [-0.15, -0.1) is 11.3 Å². The number of carbonyl (C=O) groups excluding carboxylic acids is 2. The summed E-state index contributed by atoms with van der Waals surface area (Å²) in [5, 5.41) is 30.1. The molecule has 1 aliphatic carbocycles. The second-order valence-corrected chi connectivity index (χ2v) is 26.4. The Hall–Kier alpha value is -8.26. The minimum Gasteiger partial charge on any atom is -0.506 e. The topological polar surface area (TPSA) is 184 Å². The number of benzene rings is 5. The molecule has 0 spiro atoms. The molecule has 7 aromatic rings. The Kier molecular flexibility index (Phi) is 18.2. The first-order valence-electron chi connectivity index (χ1n) is 28.5. The van der Waals surface area contributed by atoms with Crippen LogP contribution in [0.3, 0.4) is 0 Å². The lowest BCUT2D eigenvalue weighted by atomic mass is 9.88. The molecule has 86 heavy (non-hydrogen) atoms. The Morgan fingerprint density at radius 3 is 1.69 bits per heavy atom. The maximum atomic E-state index is 16.3. The number of aromatic hydroxyl groups is 2. The van der Waals surface area contributed by atoms with E-state index in [-0.39, 0.29) is 51.5 Å². The lowest BCUT2D eigenvalue weighted by Crippen LogP contribution is -2.40. The largest absolute Gasteiger partial charge is 0.506 e. The molecular weight excluding hydrogens is 1150 g/mol. The molecule has 4 N–H and O–H groups in total. The van der Waals surface area contributed by atoms with Crippen molar-refractivity contribution in [1.82, 2.24) is 9.97 Å². The summed E-state index contributed by atoms with van der Waals surface area (Å²) < 4.78 is 72.2. The van der Waals surface area contributed by atoms with E-state index in [1.807, 2.05) is 78.0 Å². The van der Waals surface area contributed by atoms with E-state index >= 15 is 8.78 Å². The second kappa shape index (κ2) is 25.8. The molecular formula is C67H68F2N6O8S3. The molecule has 4 atom stereocenters. The zero-order valence-electron chi connectivity index (χ0n) is 48.9. The van der Waals surface area contributed by atoms with Crippen LogP contribution >= 0.6 is 11.3 Å². The number of para-hydroxylation sites is 2. The van der Waals surface area contributed by atoms with Gasteiger partial charge in [-0.1, -0.05) is 108 Å². The fraction of sp³-hybridized carbons (Fsp3) is 0.284. The normalized spacial score (nSPS) is 19.8. The number of nitrogens with one attached hydrogen (secondary N) is 2. The summed E-state index contributed by atoms with van der Waals surface area (Å²) in [5.74, 6) is -1.00. The number of rotatable bonds is 10. The number of amides is 2. The highest BCUT2D eigenvalue weighted by Gasteiger charge is 2.47. The highest BCUT2D eigenvalue weighted by atomic mass is 32.2. The number of hydrogen-bond donors (Lipinski definition) is 4. The number of aromatic nitrogens is 2. The van der Waals surface area contributed by atoms with Crippen LogP contribution in [-0.4, -0.2) is 58.5 Å². The van der Waals surface area contributed by atoms with Crippen molar-refractivity contribution in [3.8, 4) is 23.0 Å². The molecule has 19 heteroatoms. The summed E-state index contributed by atoms with van der Waals surface area (Å²) in [6, 6.07) is 31.3. The Morgan fingerprint density at radius 1 is 0.674 bits per heavy atom. The van der Waals surface area contributed by atoms with E-state index < -0.39 is 57.1 Å². The zero-order valence-corrected chi connectivity index (χ0v) is 51.3. The highest BCUT2D eigenvalue weighted by Crippen LogP contribution is 2.53. The van der Waals surface area contributed by atoms with Crippen molar-refractivity contribution in [2.24, 2.45) is 10.8 Å². The number of aryl methyl sites for hydroxylation is 1. The molecule has 2 amide bonds. The maximum absolute atomic E-state index is 16.3. The second-order valence-electron chi connectivity index (χ2n) is 22.8. The third-order valence-electron chi connectivity index (χ3n) is 15.0. The summed E-state index contributed by atoms with van der Waals surface area (Å²) in [5.41, 5.74) is 6.62. The number of allylic oxidation sites excluding steroid dienone is 4. The standard InChI is InChI=1S/C34H34FN3O4S.C31H28FN3O4S2.C2H6/c1-21-9-7-12-26(36-21)33(40)38-28-13-8-14-29(39)30(28)37-27-18-34(2,3)20-43(41)32(27)31(38)24-16-15-23(17-25(24)35)42-19-22-10-5-4-6-11-22;1-31(2)14-23-29(41(38)17-31)28(21-12-11-20(13-22(21)32)39-15-19-7-4-3-5-8-19)35(30(37)24-16-40-18-33-24)25-9-6-10-26(36)27(25)34-23;1-2/h5,7-17,31,37,39H,4,6,18-20H2,1-3H3;3-13,16,18,28,34,36H,14-15,17H2,1-2H3;1-2H3. The van der Waals surface area contributed by atoms with Crippen molar-refractivity contribution in [2.45, 2.75) is 92.8 Å². The fourth-order valence-corrected chi connectivity index (χ4v) is 15.5. The van der Waals surface area contributed by atoms with Crippen molar-refractivity contribution in [1.29, 1.82) is 0 Å². The molecule has 0 radical (unpaired) electrons. The zero-order chi connectivity index (χ0) is 61.0. The molecule has 4 aliphatic heterocycles. The molecule has 14 nitrogen and oxygen atoms in total. The average Bonchev–Trinajstić information content (AvgIpc) is 1.54. The Bertz CT molecular complexity index is 3900. The summed E-state index contributed by atoms with van der Waals surface area (Å²) in [6.45, 7) is 14.4. The van der Waals surface area contributed by atoms with Gasteiger partial charge < -0.3 is 30.3 Å². The van der Waals surface area contributed by atoms with Gasteiger partial charge in [0.25, 0.3) is 11.8 Å². The molecule has 0 saturated carbocycles. The summed E-state index contributed by atoms with van der Waals surface area (Å²) in [7, 11) is -3.14. The van der Waals surface area contributed by atoms with Gasteiger partial charge in [-0.2, -0.15) is 0 Å². The first-order valence-corrected chi connectivity index (χ1v) is 32.0. The van der Waals surface area contributed by atoms with Gasteiger partial charge in [-0.05, 0) is 115 Å². The van der Waals surface area contributed by atoms with Crippen molar-refractivity contribution in [3.05, 3.63) is 223 Å². The molecule has 4 unspecified atom stereocenters. The number of carbonyl (C=O) groups is 2. The number of halogens is 2. The molecule has 2 aromatic heterocycles. The SMILES string of the molecule is CC.CC1(C)CC2=C(C(c3ccc(OCc4ccccc4)cc3F)N(C(=O)c3cscn3)c3cccc(O)c3N2)S(=O)C1.Cc1cccc(C(=O)N2c3cccc(O)c3NC3=C(C2c2ccc(OCC4=CCCC=C4)cc2F)S(=O)CC(C)(C)C3)n1. The number of anilines is 4. The molecule has 5 aromatic carbocycles. The first kappa shape index (κ1) is 60.8. The van der Waals surface area contributed by atoms with Gasteiger partial charge in [-0.3, -0.25) is 27.8 Å². The monoisotopic (exact) mass is 1220 g/mol. The fourth-order valence-electron chi connectivity index (χ4n) is 11.3. The van der Waals surface area contributed by atoms with Crippen LogP contribution in [0.15, 0.2) is 177 Å². The van der Waals surface area contributed by atoms with Gasteiger partial charge in [0.1, 0.15) is 82.7 Å². The minimum atomic E-state index is -1.57. The number of nitrogens with zero attached hydrogens (tertiary/aromatic N) is 4. The van der Waals surface area contributed by atoms with Gasteiger partial charge in [0.2, 0.25) is 0 Å². The molecule has 0 bridgehead atoms. The summed E-state index contributed by atoms with van der Waals surface area (Å²) in [4.78, 5) is 40.8. The summed E-state index contributed by atoms with van der Waals surface area (Å²) in [6.07, 6.45) is 9.13. The average molecular weight is 1220 g/mol. The number of ether oxygens (including phenoxy) is 2. The molecule has 5 aliphatic rings. The first-order chi connectivity index (χ1) is 41.3. The van der Waals surface area contributed by atoms with Crippen LogP contribution in [0.25, 0.3) is 0 Å². The van der Waals surface area contributed by atoms with E-state index in [1.165, 1.54) is 45.4 Å². The van der Waals surface area contributed by atoms with Crippen molar-refractivity contribution < 1.29 is 46.5 Å². The number of phenolic OH excluding ortho intramolecular Hbond substituents is 2. The van der Waals surface area contributed by atoms with E-state index in [2.05, 4.69) is 32.8 Å². The molecule has 0 fully saturated rings. The van der Waals surface area contributed by atoms with Gasteiger partial charge in [0.05, 0.1) is 48.3 Å². The van der Waals surface area contributed by atoms with Crippen LogP contribution < -0.4 is 29.9 Å². The van der Waals surface area contributed by atoms with Crippen molar-refractivity contribution >= 4 is 67.5 Å². The summed E-state index contributed by atoms with van der Waals surface area (Å²) >= 11 is 1.26. The molecule has 0 saturated heterocycles. The Labute approximate surface area is 508 Å². The third kappa shape index (κ3) is 13.0. The lowest BCUT2D eigenvalue weighted by Gasteiger charge is -2.37. The molecule has 12 rings (SSSR count). The van der Waals surface area contributed by atoms with E-state index in [0.717, 1.165) is 24.0 Å². The van der Waals surface area contributed by atoms with E-state index in [0.29, 0.717) is 92.1 Å². The number of pyridine rings is 1. The predicted octanol–water partition coefficient (Wildman–Crippen LogP) is 14.9. The van der Waals surface area contributed by atoms with Gasteiger partial charge in [0, 0.05) is 57.2 Å². The number of thiazole rings is 1.